The molecule has 0 aliphatic heterocycles. The molecule has 1 aromatic heterocycles. The molecule has 1 atom stereocenters. The molecule has 4 nitrogen and oxygen atoms in total. The summed E-state index contributed by atoms with van der Waals surface area (Å²) < 4.78 is 18.8. The van der Waals surface area contributed by atoms with Crippen LogP contribution in [-0.4, -0.2) is 10.1 Å². The predicted octanol–water partition coefficient (Wildman–Crippen LogP) is 2.79. The highest BCUT2D eigenvalue weighted by atomic mass is 35.5. The van der Waals surface area contributed by atoms with Gasteiger partial charge in [0.2, 0.25) is 5.89 Å². The Morgan fingerprint density at radius 2 is 2.22 bits per heavy atom. The lowest BCUT2D eigenvalue weighted by Gasteiger charge is -2.10. The highest BCUT2D eigenvalue weighted by Gasteiger charge is 2.31. The van der Waals surface area contributed by atoms with Crippen molar-refractivity contribution in [3.8, 4) is 0 Å². The molecular formula is C12H11ClFN3O. The Hall–Kier alpha value is -1.46. The lowest BCUT2D eigenvalue weighted by molar-refractivity contribution is 0.372. The Labute approximate surface area is 108 Å². The number of hydrogen-bond acceptors (Lipinski definition) is 4. The van der Waals surface area contributed by atoms with E-state index in [2.05, 4.69) is 10.1 Å². The quantitative estimate of drug-likeness (QED) is 0.929. The SMILES string of the molecule is NC(c1noc(C2CC2)n1)c1c(F)cccc1Cl. The van der Waals surface area contributed by atoms with Crippen molar-refractivity contribution in [1.82, 2.24) is 10.1 Å². The van der Waals surface area contributed by atoms with Crippen molar-refractivity contribution in [1.29, 1.82) is 0 Å². The summed E-state index contributed by atoms with van der Waals surface area (Å²) in [6, 6.07) is 3.61. The summed E-state index contributed by atoms with van der Waals surface area (Å²) >= 11 is 5.95. The molecule has 1 fully saturated rings. The van der Waals surface area contributed by atoms with E-state index in [1.54, 1.807) is 6.07 Å². The van der Waals surface area contributed by atoms with Crippen LogP contribution in [0, 0.1) is 5.82 Å². The van der Waals surface area contributed by atoms with E-state index in [4.69, 9.17) is 21.9 Å². The zero-order chi connectivity index (χ0) is 12.7. The number of rotatable bonds is 3. The average molecular weight is 268 g/mol. The van der Waals surface area contributed by atoms with Gasteiger partial charge in [-0.25, -0.2) is 4.39 Å². The van der Waals surface area contributed by atoms with Crippen molar-refractivity contribution in [2.24, 2.45) is 5.73 Å². The molecule has 1 saturated carbocycles. The molecule has 1 aliphatic rings. The minimum Gasteiger partial charge on any atom is -0.339 e. The first-order chi connectivity index (χ1) is 8.66. The summed E-state index contributed by atoms with van der Waals surface area (Å²) in [4.78, 5) is 4.20. The van der Waals surface area contributed by atoms with E-state index < -0.39 is 11.9 Å². The minimum absolute atomic E-state index is 0.197. The number of benzene rings is 1. The topological polar surface area (TPSA) is 64.9 Å². The fourth-order valence-corrected chi connectivity index (χ4v) is 2.09. The molecule has 0 bridgehead atoms. The van der Waals surface area contributed by atoms with Crippen LogP contribution in [0.3, 0.4) is 0 Å². The van der Waals surface area contributed by atoms with Gasteiger partial charge in [-0.2, -0.15) is 4.98 Å². The third-order valence-corrected chi connectivity index (χ3v) is 3.30. The number of nitrogens with two attached hydrogens (primary N) is 1. The van der Waals surface area contributed by atoms with Crippen LogP contribution in [0.15, 0.2) is 22.7 Å². The standard InChI is InChI=1S/C12H11ClFN3O/c13-7-2-1-3-8(14)9(7)10(15)11-16-12(18-17-11)6-4-5-6/h1-3,6,10H,4-5,15H2. The zero-order valence-corrected chi connectivity index (χ0v) is 10.2. The van der Waals surface area contributed by atoms with Crippen molar-refractivity contribution >= 4 is 11.6 Å². The molecule has 0 radical (unpaired) electrons. The maximum atomic E-state index is 13.7. The molecule has 1 heterocycles. The monoisotopic (exact) mass is 267 g/mol. The number of nitrogens with zero attached hydrogens (tertiary/aromatic N) is 2. The summed E-state index contributed by atoms with van der Waals surface area (Å²) in [5.41, 5.74) is 6.14. The molecule has 1 aliphatic carbocycles. The van der Waals surface area contributed by atoms with Crippen LogP contribution in [0.4, 0.5) is 4.39 Å². The molecule has 0 amide bonds. The normalized spacial score (nSPS) is 16.8. The van der Waals surface area contributed by atoms with Gasteiger partial charge in [-0.1, -0.05) is 22.8 Å². The van der Waals surface area contributed by atoms with Crippen LogP contribution in [0.1, 0.15) is 42.1 Å². The van der Waals surface area contributed by atoms with Crippen LogP contribution in [0.25, 0.3) is 0 Å². The number of hydrogen-bond donors (Lipinski definition) is 1. The summed E-state index contributed by atoms with van der Waals surface area (Å²) in [5.74, 6) is 0.721. The molecule has 1 aromatic carbocycles. The van der Waals surface area contributed by atoms with Gasteiger partial charge in [-0.15, -0.1) is 0 Å². The van der Waals surface area contributed by atoms with Crippen LogP contribution >= 0.6 is 11.6 Å². The van der Waals surface area contributed by atoms with Gasteiger partial charge in [-0.3, -0.25) is 0 Å². The van der Waals surface area contributed by atoms with E-state index in [1.807, 2.05) is 0 Å². The summed E-state index contributed by atoms with van der Waals surface area (Å²) in [6.07, 6.45) is 2.11. The second kappa shape index (κ2) is 4.33. The van der Waals surface area contributed by atoms with Crippen LogP contribution in [-0.2, 0) is 0 Å². The largest absolute Gasteiger partial charge is 0.339 e. The first-order valence-electron chi connectivity index (χ1n) is 5.70. The molecule has 94 valence electrons. The summed E-state index contributed by atoms with van der Waals surface area (Å²) in [7, 11) is 0. The maximum absolute atomic E-state index is 13.7. The van der Waals surface area contributed by atoms with Crippen molar-refractivity contribution < 1.29 is 8.91 Å². The zero-order valence-electron chi connectivity index (χ0n) is 9.44. The Balaban J connectivity index is 1.94. The van der Waals surface area contributed by atoms with E-state index in [1.165, 1.54) is 12.1 Å². The maximum Gasteiger partial charge on any atom is 0.229 e. The Bertz CT molecular complexity index is 562. The minimum atomic E-state index is -0.810. The fourth-order valence-electron chi connectivity index (χ4n) is 1.81. The van der Waals surface area contributed by atoms with Gasteiger partial charge in [0.05, 0.1) is 6.04 Å². The number of halogens is 2. The molecule has 2 aromatic rings. The Kier molecular flexibility index (Phi) is 2.80. The van der Waals surface area contributed by atoms with E-state index >= 15 is 0 Å². The molecule has 1 unspecified atom stereocenters. The molecule has 0 saturated heterocycles. The highest BCUT2D eigenvalue weighted by Crippen LogP contribution is 2.39. The Morgan fingerprint density at radius 3 is 2.89 bits per heavy atom. The van der Waals surface area contributed by atoms with Gasteiger partial charge < -0.3 is 10.3 Å². The van der Waals surface area contributed by atoms with Crippen molar-refractivity contribution in [3.05, 3.63) is 46.3 Å². The van der Waals surface area contributed by atoms with Crippen molar-refractivity contribution in [2.75, 3.05) is 0 Å². The van der Waals surface area contributed by atoms with Gasteiger partial charge in [0.15, 0.2) is 5.82 Å². The van der Waals surface area contributed by atoms with E-state index in [0.717, 1.165) is 12.8 Å². The van der Waals surface area contributed by atoms with Crippen molar-refractivity contribution in [2.45, 2.75) is 24.8 Å². The van der Waals surface area contributed by atoms with E-state index in [0.29, 0.717) is 11.8 Å². The third-order valence-electron chi connectivity index (χ3n) is 2.97. The first-order valence-corrected chi connectivity index (χ1v) is 6.07. The van der Waals surface area contributed by atoms with Gasteiger partial charge >= 0.3 is 0 Å². The van der Waals surface area contributed by atoms with Crippen LogP contribution in [0.2, 0.25) is 5.02 Å². The lowest BCUT2D eigenvalue weighted by Crippen LogP contribution is -2.16. The van der Waals surface area contributed by atoms with Crippen LogP contribution < -0.4 is 5.73 Å². The third kappa shape index (κ3) is 2.00. The molecule has 3 rings (SSSR count). The highest BCUT2D eigenvalue weighted by molar-refractivity contribution is 6.31. The van der Waals surface area contributed by atoms with Gasteiger partial charge in [-0.05, 0) is 25.0 Å². The molecule has 18 heavy (non-hydrogen) atoms. The summed E-state index contributed by atoms with van der Waals surface area (Å²) in [5, 5.41) is 4.06. The number of aromatic nitrogens is 2. The van der Waals surface area contributed by atoms with E-state index in [-0.39, 0.29) is 16.4 Å². The predicted molar refractivity (Wildman–Crippen MR) is 63.7 cm³/mol. The van der Waals surface area contributed by atoms with Gasteiger partial charge in [0.25, 0.3) is 0 Å². The fraction of sp³-hybridized carbons (Fsp3) is 0.333. The summed E-state index contributed by atoms with van der Waals surface area (Å²) in [6.45, 7) is 0. The van der Waals surface area contributed by atoms with Gasteiger partial charge in [0, 0.05) is 16.5 Å². The second-order valence-electron chi connectivity index (χ2n) is 4.38. The lowest BCUT2D eigenvalue weighted by atomic mass is 10.1. The van der Waals surface area contributed by atoms with Gasteiger partial charge in [0.1, 0.15) is 5.82 Å². The average Bonchev–Trinajstić information content (AvgIpc) is 3.07. The molecule has 0 spiro atoms. The molecular weight excluding hydrogens is 257 g/mol. The van der Waals surface area contributed by atoms with Crippen molar-refractivity contribution in [3.63, 3.8) is 0 Å². The molecule has 2 N–H and O–H groups in total. The van der Waals surface area contributed by atoms with Crippen LogP contribution in [0.5, 0.6) is 0 Å². The van der Waals surface area contributed by atoms with E-state index in [9.17, 15) is 4.39 Å². The first kappa shape index (κ1) is 11.6. The second-order valence-corrected chi connectivity index (χ2v) is 4.79. The Morgan fingerprint density at radius 1 is 1.44 bits per heavy atom. The molecule has 6 heteroatoms. The smallest absolute Gasteiger partial charge is 0.229 e.